The third kappa shape index (κ3) is 1.92. The van der Waals surface area contributed by atoms with E-state index in [4.69, 9.17) is 16.3 Å². The lowest BCUT2D eigenvalue weighted by Gasteiger charge is -2.48. The summed E-state index contributed by atoms with van der Waals surface area (Å²) in [6.45, 7) is 6.03. The Morgan fingerprint density at radius 1 is 1.44 bits per heavy atom. The first-order valence-electron chi connectivity index (χ1n) is 5.52. The van der Waals surface area contributed by atoms with Crippen molar-refractivity contribution in [2.24, 2.45) is 5.41 Å². The van der Waals surface area contributed by atoms with Crippen molar-refractivity contribution in [2.75, 3.05) is 0 Å². The number of aliphatic hydroxyl groups excluding tert-OH is 1. The number of aliphatic hydroxyl groups is 1. The number of hydrogen-bond donors (Lipinski definition) is 1. The van der Waals surface area contributed by atoms with Crippen molar-refractivity contribution >= 4 is 11.6 Å². The van der Waals surface area contributed by atoms with Crippen LogP contribution >= 0.6 is 11.6 Å². The van der Waals surface area contributed by atoms with E-state index >= 15 is 0 Å². The van der Waals surface area contributed by atoms with Crippen LogP contribution in [0.4, 0.5) is 0 Å². The molecule has 1 N–H and O–H groups in total. The van der Waals surface area contributed by atoms with Gasteiger partial charge in [0.15, 0.2) is 0 Å². The van der Waals surface area contributed by atoms with Crippen LogP contribution in [0.2, 0.25) is 5.02 Å². The highest BCUT2D eigenvalue weighted by Gasteiger charge is 2.49. The van der Waals surface area contributed by atoms with Crippen LogP contribution in [0.1, 0.15) is 25.8 Å². The fraction of sp³-hybridized carbons (Fsp3) is 0.538. The van der Waals surface area contributed by atoms with E-state index in [9.17, 15) is 5.11 Å². The minimum Gasteiger partial charge on any atom is -0.489 e. The quantitative estimate of drug-likeness (QED) is 0.860. The lowest BCUT2D eigenvalue weighted by atomic mass is 9.66. The van der Waals surface area contributed by atoms with Gasteiger partial charge in [-0.05, 0) is 24.6 Å². The number of hydrogen-bond acceptors (Lipinski definition) is 2. The summed E-state index contributed by atoms with van der Waals surface area (Å²) >= 11 is 5.93. The monoisotopic (exact) mass is 240 g/mol. The molecule has 0 bridgehead atoms. The molecule has 1 fully saturated rings. The lowest BCUT2D eigenvalue weighted by Crippen LogP contribution is -2.56. The minimum atomic E-state index is -0.267. The zero-order chi connectivity index (χ0) is 11.9. The molecule has 1 aromatic carbocycles. The summed E-state index contributed by atoms with van der Waals surface area (Å²) in [5.41, 5.74) is 0.899. The van der Waals surface area contributed by atoms with E-state index in [0.29, 0.717) is 11.4 Å². The average Bonchev–Trinajstić information content (AvgIpc) is 2.23. The summed E-state index contributed by atoms with van der Waals surface area (Å²) in [4.78, 5) is 0. The average molecular weight is 241 g/mol. The number of aryl methyl sites for hydroxylation is 1. The third-order valence-electron chi connectivity index (χ3n) is 3.55. The molecule has 88 valence electrons. The van der Waals surface area contributed by atoms with E-state index in [-0.39, 0.29) is 17.6 Å². The molecule has 1 aliphatic rings. The normalized spacial score (nSPS) is 27.3. The van der Waals surface area contributed by atoms with Crippen molar-refractivity contribution in [3.63, 3.8) is 0 Å². The van der Waals surface area contributed by atoms with E-state index in [2.05, 4.69) is 0 Å². The number of rotatable bonds is 2. The lowest BCUT2D eigenvalue weighted by molar-refractivity contribution is -0.134. The van der Waals surface area contributed by atoms with Crippen molar-refractivity contribution < 1.29 is 9.84 Å². The number of ether oxygens (including phenoxy) is 1. The predicted molar refractivity (Wildman–Crippen MR) is 65.0 cm³/mol. The van der Waals surface area contributed by atoms with Gasteiger partial charge in [-0.2, -0.15) is 0 Å². The first kappa shape index (κ1) is 11.7. The fourth-order valence-electron chi connectivity index (χ4n) is 1.92. The van der Waals surface area contributed by atoms with E-state index in [1.165, 1.54) is 0 Å². The van der Waals surface area contributed by atoms with E-state index in [1.807, 2.05) is 39.0 Å². The molecule has 0 saturated heterocycles. The zero-order valence-electron chi connectivity index (χ0n) is 9.83. The molecule has 2 rings (SSSR count). The Labute approximate surface area is 101 Å². The molecule has 3 heteroatoms. The van der Waals surface area contributed by atoms with Gasteiger partial charge < -0.3 is 9.84 Å². The first-order chi connectivity index (χ1) is 7.41. The van der Waals surface area contributed by atoms with Gasteiger partial charge in [0.1, 0.15) is 11.9 Å². The van der Waals surface area contributed by atoms with Crippen molar-refractivity contribution in [1.29, 1.82) is 0 Å². The molecule has 16 heavy (non-hydrogen) atoms. The molecule has 0 heterocycles. The zero-order valence-corrected chi connectivity index (χ0v) is 10.6. The smallest absolute Gasteiger partial charge is 0.124 e. The van der Waals surface area contributed by atoms with E-state index < -0.39 is 0 Å². The van der Waals surface area contributed by atoms with Gasteiger partial charge in [0.25, 0.3) is 0 Å². The van der Waals surface area contributed by atoms with Gasteiger partial charge >= 0.3 is 0 Å². The molecule has 2 nitrogen and oxygen atoms in total. The van der Waals surface area contributed by atoms with Crippen LogP contribution < -0.4 is 4.74 Å². The van der Waals surface area contributed by atoms with Crippen LogP contribution in [0.5, 0.6) is 5.75 Å². The van der Waals surface area contributed by atoms with Crippen molar-refractivity contribution in [3.05, 3.63) is 28.8 Å². The van der Waals surface area contributed by atoms with Crippen LogP contribution in [-0.2, 0) is 0 Å². The van der Waals surface area contributed by atoms with Crippen molar-refractivity contribution in [2.45, 2.75) is 39.4 Å². The Kier molecular flexibility index (Phi) is 2.89. The molecule has 0 spiro atoms. The standard InChI is InChI=1S/C13H17ClO2/c1-8-4-5-9(14)6-10(8)16-12-7-11(15)13(12,2)3/h4-6,11-12,15H,7H2,1-3H3. The molecule has 2 unspecified atom stereocenters. The van der Waals surface area contributed by atoms with Gasteiger partial charge in [0.2, 0.25) is 0 Å². The molecule has 1 aromatic rings. The number of halogens is 1. The Balaban J connectivity index is 2.13. The second-order valence-electron chi connectivity index (χ2n) is 5.09. The molecular weight excluding hydrogens is 224 g/mol. The second-order valence-corrected chi connectivity index (χ2v) is 5.53. The first-order valence-corrected chi connectivity index (χ1v) is 5.90. The van der Waals surface area contributed by atoms with Crippen molar-refractivity contribution in [1.82, 2.24) is 0 Å². The summed E-state index contributed by atoms with van der Waals surface area (Å²) < 4.78 is 5.90. The van der Waals surface area contributed by atoms with E-state index in [0.717, 1.165) is 11.3 Å². The van der Waals surface area contributed by atoms with Gasteiger partial charge in [-0.15, -0.1) is 0 Å². The Morgan fingerprint density at radius 3 is 2.69 bits per heavy atom. The maximum atomic E-state index is 9.64. The van der Waals surface area contributed by atoms with E-state index in [1.54, 1.807) is 0 Å². The van der Waals surface area contributed by atoms with Crippen LogP contribution in [0, 0.1) is 12.3 Å². The maximum absolute atomic E-state index is 9.64. The van der Waals surface area contributed by atoms with Crippen molar-refractivity contribution in [3.8, 4) is 5.75 Å². The summed E-state index contributed by atoms with van der Waals surface area (Å²) in [5, 5.41) is 10.3. The Morgan fingerprint density at radius 2 is 2.12 bits per heavy atom. The molecule has 0 aliphatic heterocycles. The number of benzene rings is 1. The van der Waals surface area contributed by atoms with Crippen LogP contribution in [-0.4, -0.2) is 17.3 Å². The van der Waals surface area contributed by atoms with Crippen LogP contribution in [0.3, 0.4) is 0 Å². The highest BCUT2D eigenvalue weighted by Crippen LogP contribution is 2.43. The fourth-order valence-corrected chi connectivity index (χ4v) is 2.08. The molecule has 0 aromatic heterocycles. The maximum Gasteiger partial charge on any atom is 0.124 e. The molecular formula is C13H17ClO2. The Bertz CT molecular complexity index is 401. The van der Waals surface area contributed by atoms with Gasteiger partial charge in [-0.25, -0.2) is 0 Å². The Hall–Kier alpha value is -0.730. The van der Waals surface area contributed by atoms with Crippen LogP contribution in [0.25, 0.3) is 0 Å². The summed E-state index contributed by atoms with van der Waals surface area (Å²) in [6, 6.07) is 5.63. The van der Waals surface area contributed by atoms with Gasteiger partial charge in [-0.1, -0.05) is 31.5 Å². The largest absolute Gasteiger partial charge is 0.489 e. The molecule has 2 atom stereocenters. The summed E-state index contributed by atoms with van der Waals surface area (Å²) in [5.74, 6) is 0.817. The predicted octanol–water partition coefficient (Wildman–Crippen LogP) is 3.19. The summed E-state index contributed by atoms with van der Waals surface area (Å²) in [7, 11) is 0. The molecule has 0 amide bonds. The molecule has 1 aliphatic carbocycles. The van der Waals surface area contributed by atoms with Gasteiger partial charge in [0, 0.05) is 16.9 Å². The van der Waals surface area contributed by atoms with Gasteiger partial charge in [0.05, 0.1) is 6.10 Å². The topological polar surface area (TPSA) is 29.5 Å². The second kappa shape index (κ2) is 3.94. The third-order valence-corrected chi connectivity index (χ3v) is 3.78. The SMILES string of the molecule is Cc1ccc(Cl)cc1OC1CC(O)C1(C)C. The molecule has 1 saturated carbocycles. The van der Waals surface area contributed by atoms with Gasteiger partial charge in [-0.3, -0.25) is 0 Å². The molecule has 0 radical (unpaired) electrons. The summed E-state index contributed by atoms with van der Waals surface area (Å²) in [6.07, 6.45) is 0.496. The van der Waals surface area contributed by atoms with Crippen LogP contribution in [0.15, 0.2) is 18.2 Å². The highest BCUT2D eigenvalue weighted by molar-refractivity contribution is 6.30. The highest BCUT2D eigenvalue weighted by atomic mass is 35.5. The minimum absolute atomic E-state index is 0.0691.